The Balaban J connectivity index is 1.41. The summed E-state index contributed by atoms with van der Waals surface area (Å²) in [5.74, 6) is 1.25. The monoisotopic (exact) mass is 452 g/mol. The summed E-state index contributed by atoms with van der Waals surface area (Å²) >= 11 is 0. The van der Waals surface area contributed by atoms with Gasteiger partial charge in [0, 0.05) is 6.42 Å². The summed E-state index contributed by atoms with van der Waals surface area (Å²) in [6.45, 7) is -0.0128. The molecular weight excluding hydrogens is 424 g/mol. The number of benzene rings is 3. The lowest BCUT2D eigenvalue weighted by Gasteiger charge is -2.39. The highest BCUT2D eigenvalue weighted by Crippen LogP contribution is 2.28. The van der Waals surface area contributed by atoms with E-state index in [0.29, 0.717) is 18.8 Å². The van der Waals surface area contributed by atoms with E-state index in [-0.39, 0.29) is 0 Å². The molecule has 1 aliphatic heterocycles. The molecule has 174 valence electrons. The van der Waals surface area contributed by atoms with E-state index in [0.717, 1.165) is 22.4 Å². The van der Waals surface area contributed by atoms with Crippen LogP contribution in [0.25, 0.3) is 0 Å². The van der Waals surface area contributed by atoms with E-state index in [1.807, 2.05) is 66.7 Å². The first kappa shape index (κ1) is 23.2. The molecule has 0 saturated carbocycles. The quantitative estimate of drug-likeness (QED) is 0.414. The van der Waals surface area contributed by atoms with Gasteiger partial charge in [-0.15, -0.1) is 0 Å². The zero-order chi connectivity index (χ0) is 23.2. The lowest BCUT2D eigenvalue weighted by atomic mass is 9.99. The zero-order valence-corrected chi connectivity index (χ0v) is 18.0. The van der Waals surface area contributed by atoms with Crippen LogP contribution in [0, 0.1) is 0 Å². The molecule has 1 saturated heterocycles. The largest absolute Gasteiger partial charge is 0.489 e. The molecule has 5 atom stereocenters. The van der Waals surface area contributed by atoms with Crippen LogP contribution in [0.15, 0.2) is 78.9 Å². The Hall–Kier alpha value is -2.94. The average Bonchev–Trinajstić information content (AvgIpc) is 2.85. The second-order valence-corrected chi connectivity index (χ2v) is 8.02. The maximum absolute atomic E-state index is 10.3. The van der Waals surface area contributed by atoms with Gasteiger partial charge in [-0.3, -0.25) is 0 Å². The van der Waals surface area contributed by atoms with Crippen molar-refractivity contribution in [1.29, 1.82) is 0 Å². The fraction of sp³-hybridized carbons (Fsp3) is 0.308. The van der Waals surface area contributed by atoms with Gasteiger partial charge in [0.05, 0.1) is 6.61 Å². The Labute approximate surface area is 192 Å². The number of para-hydroxylation sites is 1. The first-order chi connectivity index (χ1) is 16.0. The minimum absolute atomic E-state index is 0.478. The van der Waals surface area contributed by atoms with Crippen molar-refractivity contribution in [3.8, 4) is 11.5 Å². The van der Waals surface area contributed by atoms with Crippen molar-refractivity contribution in [2.24, 2.45) is 0 Å². The summed E-state index contributed by atoms with van der Waals surface area (Å²) < 4.78 is 17.2. The predicted molar refractivity (Wildman–Crippen MR) is 121 cm³/mol. The van der Waals surface area contributed by atoms with Gasteiger partial charge >= 0.3 is 0 Å². The molecule has 0 spiro atoms. The number of hydrogen-bond donors (Lipinski definition) is 4. The number of aliphatic hydroxyl groups is 4. The summed E-state index contributed by atoms with van der Waals surface area (Å²) in [7, 11) is 0. The lowest BCUT2D eigenvalue weighted by Crippen LogP contribution is -2.60. The molecule has 3 aromatic rings. The Kier molecular flexibility index (Phi) is 7.59. The van der Waals surface area contributed by atoms with Crippen molar-refractivity contribution in [3.63, 3.8) is 0 Å². The van der Waals surface area contributed by atoms with E-state index in [4.69, 9.17) is 14.2 Å². The molecule has 1 heterocycles. The number of rotatable bonds is 8. The fourth-order valence-electron chi connectivity index (χ4n) is 3.72. The van der Waals surface area contributed by atoms with Gasteiger partial charge in [-0.25, -0.2) is 0 Å². The third-order valence-corrected chi connectivity index (χ3v) is 5.63. The Bertz CT molecular complexity index is 1010. The highest BCUT2D eigenvalue weighted by molar-refractivity contribution is 5.39. The molecule has 0 bridgehead atoms. The number of ether oxygens (including phenoxy) is 3. The van der Waals surface area contributed by atoms with Gasteiger partial charge in [-0.2, -0.15) is 0 Å². The lowest BCUT2D eigenvalue weighted by molar-refractivity contribution is -0.277. The molecule has 4 rings (SSSR count). The number of hydrogen-bond acceptors (Lipinski definition) is 7. The molecule has 1 aliphatic rings. The smallest absolute Gasteiger partial charge is 0.229 e. The van der Waals surface area contributed by atoms with E-state index in [2.05, 4.69) is 0 Å². The summed E-state index contributed by atoms with van der Waals surface area (Å²) in [5.41, 5.74) is 2.99. The third-order valence-electron chi connectivity index (χ3n) is 5.63. The molecule has 0 unspecified atom stereocenters. The molecule has 4 N–H and O–H groups in total. The molecule has 0 aromatic heterocycles. The molecule has 33 heavy (non-hydrogen) atoms. The van der Waals surface area contributed by atoms with Crippen LogP contribution in [-0.2, 0) is 17.8 Å². The molecular formula is C26H28O7. The third kappa shape index (κ3) is 5.71. The van der Waals surface area contributed by atoms with Crippen molar-refractivity contribution in [3.05, 3.63) is 95.6 Å². The molecule has 3 aromatic carbocycles. The van der Waals surface area contributed by atoms with Crippen LogP contribution in [0.2, 0.25) is 0 Å². The first-order valence-corrected chi connectivity index (χ1v) is 10.9. The van der Waals surface area contributed by atoms with Crippen LogP contribution in [0.3, 0.4) is 0 Å². The zero-order valence-electron chi connectivity index (χ0n) is 18.0. The normalized spacial score (nSPS) is 24.9. The van der Waals surface area contributed by atoms with Crippen molar-refractivity contribution in [1.82, 2.24) is 0 Å². The highest BCUT2D eigenvalue weighted by Gasteiger charge is 2.44. The van der Waals surface area contributed by atoms with Crippen molar-refractivity contribution < 1.29 is 34.6 Å². The molecule has 0 amide bonds. The molecule has 7 nitrogen and oxygen atoms in total. The number of aliphatic hydroxyl groups excluding tert-OH is 4. The summed E-state index contributed by atoms with van der Waals surface area (Å²) in [4.78, 5) is 0. The van der Waals surface area contributed by atoms with Crippen LogP contribution in [0.1, 0.15) is 16.7 Å². The van der Waals surface area contributed by atoms with Gasteiger partial charge in [0.1, 0.15) is 42.5 Å². The Morgan fingerprint density at radius 3 is 2.15 bits per heavy atom. The minimum Gasteiger partial charge on any atom is -0.489 e. The molecule has 7 heteroatoms. The Morgan fingerprint density at radius 1 is 0.727 bits per heavy atom. The Morgan fingerprint density at radius 2 is 1.42 bits per heavy atom. The second kappa shape index (κ2) is 10.8. The maximum atomic E-state index is 10.3. The van der Waals surface area contributed by atoms with Gasteiger partial charge in [-0.1, -0.05) is 60.7 Å². The molecule has 1 fully saturated rings. The predicted octanol–water partition coefficient (Wildman–Crippen LogP) is 2.04. The SMILES string of the molecule is OC[C@H]1O[C@H](Oc2ccccc2Cc2ccc(OCc3ccccc3)cc2)[C@H](O)[C@@H](O)[C@@H]1O. The van der Waals surface area contributed by atoms with Crippen LogP contribution < -0.4 is 9.47 Å². The maximum Gasteiger partial charge on any atom is 0.229 e. The second-order valence-electron chi connectivity index (χ2n) is 8.02. The van der Waals surface area contributed by atoms with E-state index in [1.165, 1.54) is 0 Å². The minimum atomic E-state index is -1.49. The highest BCUT2D eigenvalue weighted by atomic mass is 16.7. The van der Waals surface area contributed by atoms with Crippen LogP contribution in [0.5, 0.6) is 11.5 Å². The van der Waals surface area contributed by atoms with E-state index in [9.17, 15) is 20.4 Å². The summed E-state index contributed by atoms with van der Waals surface area (Å²) in [6.07, 6.45) is -6.07. The van der Waals surface area contributed by atoms with Gasteiger partial charge in [0.2, 0.25) is 6.29 Å². The van der Waals surface area contributed by atoms with Crippen LogP contribution >= 0.6 is 0 Å². The summed E-state index contributed by atoms with van der Waals surface area (Å²) in [5, 5.41) is 39.6. The molecule has 0 radical (unpaired) electrons. The average molecular weight is 453 g/mol. The first-order valence-electron chi connectivity index (χ1n) is 10.9. The van der Waals surface area contributed by atoms with Gasteiger partial charge in [0.15, 0.2) is 0 Å². The fourth-order valence-corrected chi connectivity index (χ4v) is 3.72. The standard InChI is InChI=1S/C26H28O7/c27-15-22-23(28)24(29)25(30)26(33-22)32-21-9-5-4-8-19(21)14-17-10-12-20(13-11-17)31-16-18-6-2-1-3-7-18/h1-13,22-30H,14-16H2/t22-,23-,24+,25-,26+/m1/s1. The van der Waals surface area contributed by atoms with Crippen molar-refractivity contribution in [2.75, 3.05) is 6.61 Å². The molecule has 0 aliphatic carbocycles. The van der Waals surface area contributed by atoms with E-state index < -0.39 is 37.3 Å². The van der Waals surface area contributed by atoms with Crippen LogP contribution in [0.4, 0.5) is 0 Å². The van der Waals surface area contributed by atoms with Crippen molar-refractivity contribution >= 4 is 0 Å². The topological polar surface area (TPSA) is 109 Å². The summed E-state index contributed by atoms with van der Waals surface area (Å²) in [6, 6.07) is 25.1. The van der Waals surface area contributed by atoms with E-state index in [1.54, 1.807) is 12.1 Å². The van der Waals surface area contributed by atoms with Crippen molar-refractivity contribution in [2.45, 2.75) is 43.7 Å². The van der Waals surface area contributed by atoms with Gasteiger partial charge in [0.25, 0.3) is 0 Å². The van der Waals surface area contributed by atoms with Crippen LogP contribution in [-0.4, -0.2) is 57.7 Å². The van der Waals surface area contributed by atoms with Gasteiger partial charge < -0.3 is 34.6 Å². The van der Waals surface area contributed by atoms with E-state index >= 15 is 0 Å². The van der Waals surface area contributed by atoms with Gasteiger partial charge in [-0.05, 0) is 34.9 Å².